The summed E-state index contributed by atoms with van der Waals surface area (Å²) < 4.78 is 17.4. The van der Waals surface area contributed by atoms with Crippen LogP contribution in [0.15, 0.2) is 18.7 Å². The van der Waals surface area contributed by atoms with Gasteiger partial charge in [-0.25, -0.2) is 14.6 Å². The molecule has 0 bridgehead atoms. The first-order chi connectivity index (χ1) is 12.2. The molecule has 10 heteroatoms. The molecule has 0 aliphatic rings. The first-order valence-corrected chi connectivity index (χ1v) is 8.16. The van der Waals surface area contributed by atoms with Gasteiger partial charge in [-0.15, -0.1) is 0 Å². The molecule has 0 aliphatic heterocycles. The highest BCUT2D eigenvalue weighted by molar-refractivity contribution is 5.76. The fourth-order valence-electron chi connectivity index (χ4n) is 1.75. The van der Waals surface area contributed by atoms with Gasteiger partial charge in [0.2, 0.25) is 0 Å². The molecule has 0 aromatic carbocycles. The summed E-state index contributed by atoms with van der Waals surface area (Å²) in [6.45, 7) is 3.84. The Morgan fingerprint density at radius 2 is 1.48 bits per heavy atom. The highest BCUT2D eigenvalue weighted by Crippen LogP contribution is 1.87. The minimum atomic E-state index is -1.02. The predicted octanol–water partition coefficient (Wildman–Crippen LogP) is 0.538. The average Bonchev–Trinajstić information content (AvgIpc) is 3.12. The lowest BCUT2D eigenvalue weighted by atomic mass is 10.4. The van der Waals surface area contributed by atoms with Crippen LogP contribution < -0.4 is 10.6 Å². The molecule has 3 N–H and O–H groups in total. The van der Waals surface area contributed by atoms with Crippen molar-refractivity contribution in [3.8, 4) is 0 Å². The molecule has 142 valence electrons. The van der Waals surface area contributed by atoms with Crippen LogP contribution in [0, 0.1) is 0 Å². The first-order valence-electron chi connectivity index (χ1n) is 8.16. The molecular weight excluding hydrogens is 332 g/mol. The number of carbonyl (C=O) groups excluding carboxylic acids is 1. The van der Waals surface area contributed by atoms with E-state index in [0.29, 0.717) is 65.6 Å². The molecule has 0 aliphatic carbocycles. The third kappa shape index (κ3) is 11.9. The lowest BCUT2D eigenvalue weighted by molar-refractivity contribution is 0.0139. The van der Waals surface area contributed by atoms with Gasteiger partial charge in [0, 0.05) is 38.7 Å². The Morgan fingerprint density at radius 1 is 0.920 bits per heavy atom. The van der Waals surface area contributed by atoms with Gasteiger partial charge in [0.1, 0.15) is 6.33 Å². The van der Waals surface area contributed by atoms with Crippen molar-refractivity contribution in [2.75, 3.05) is 52.7 Å². The van der Waals surface area contributed by atoms with Crippen molar-refractivity contribution in [1.29, 1.82) is 0 Å². The van der Waals surface area contributed by atoms with Crippen molar-refractivity contribution >= 4 is 12.1 Å². The average molecular weight is 358 g/mol. The zero-order chi connectivity index (χ0) is 18.2. The number of aromatic nitrogens is 2. The number of imidazole rings is 1. The van der Waals surface area contributed by atoms with E-state index in [0.717, 1.165) is 0 Å². The molecule has 1 aromatic heterocycles. The van der Waals surface area contributed by atoms with Gasteiger partial charge in [0.25, 0.3) is 0 Å². The SMILES string of the molecule is O=C(O)NCCCOCCOCCOCCCNC(=O)n1ccnc1. The molecule has 1 heterocycles. The van der Waals surface area contributed by atoms with Gasteiger partial charge in [-0.2, -0.15) is 0 Å². The smallest absolute Gasteiger partial charge is 0.404 e. The number of hydrogen-bond donors (Lipinski definition) is 3. The summed E-state index contributed by atoms with van der Waals surface area (Å²) in [7, 11) is 0. The largest absolute Gasteiger partial charge is 0.465 e. The van der Waals surface area contributed by atoms with Crippen LogP contribution in [0.4, 0.5) is 9.59 Å². The molecule has 0 unspecified atom stereocenters. The zero-order valence-electron chi connectivity index (χ0n) is 14.2. The number of carbonyl (C=O) groups is 2. The number of hydrogen-bond acceptors (Lipinski definition) is 6. The van der Waals surface area contributed by atoms with Crippen LogP contribution in [0.1, 0.15) is 12.8 Å². The molecule has 0 spiro atoms. The Hall–Kier alpha value is -2.17. The summed E-state index contributed by atoms with van der Waals surface area (Å²) in [5.74, 6) is 0. The van der Waals surface area contributed by atoms with E-state index >= 15 is 0 Å². The van der Waals surface area contributed by atoms with Crippen LogP contribution in [0.25, 0.3) is 0 Å². The van der Waals surface area contributed by atoms with E-state index in [9.17, 15) is 9.59 Å². The molecule has 2 amide bonds. The number of nitrogens with one attached hydrogen (secondary N) is 2. The summed E-state index contributed by atoms with van der Waals surface area (Å²) in [6.07, 6.45) is 4.90. The van der Waals surface area contributed by atoms with E-state index in [1.807, 2.05) is 0 Å². The number of amides is 2. The van der Waals surface area contributed by atoms with Crippen molar-refractivity contribution in [3.05, 3.63) is 18.7 Å². The second-order valence-electron chi connectivity index (χ2n) is 4.98. The molecule has 0 radical (unpaired) electrons. The molecule has 25 heavy (non-hydrogen) atoms. The Kier molecular flexibility index (Phi) is 11.9. The maximum absolute atomic E-state index is 11.6. The molecule has 1 rings (SSSR count). The molecule has 0 saturated heterocycles. The number of carboxylic acid groups (broad SMARTS) is 1. The second kappa shape index (κ2) is 14.2. The Labute approximate surface area is 146 Å². The van der Waals surface area contributed by atoms with Crippen LogP contribution in [0.2, 0.25) is 0 Å². The molecule has 0 atom stereocenters. The summed E-state index contributed by atoms with van der Waals surface area (Å²) in [6, 6.07) is -0.209. The fourth-order valence-corrected chi connectivity index (χ4v) is 1.75. The number of ether oxygens (including phenoxy) is 3. The minimum Gasteiger partial charge on any atom is -0.465 e. The van der Waals surface area contributed by atoms with Gasteiger partial charge < -0.3 is 30.0 Å². The minimum absolute atomic E-state index is 0.209. The summed E-state index contributed by atoms with van der Waals surface area (Å²) in [5, 5.41) is 13.4. The molecule has 0 saturated carbocycles. The molecule has 10 nitrogen and oxygen atoms in total. The van der Waals surface area contributed by atoms with E-state index in [2.05, 4.69) is 15.6 Å². The van der Waals surface area contributed by atoms with Crippen molar-refractivity contribution in [2.24, 2.45) is 0 Å². The normalized spacial score (nSPS) is 10.6. The summed E-state index contributed by atoms with van der Waals surface area (Å²) in [4.78, 5) is 25.6. The lowest BCUT2D eigenvalue weighted by Gasteiger charge is -2.08. The standard InChI is InChI=1S/C15H26N4O6/c20-14(19-6-5-16-13-19)17-3-1-7-23-9-11-25-12-10-24-8-2-4-18-15(21)22/h5-6,13,18H,1-4,7-12H2,(H,17,20)(H,21,22). The van der Waals surface area contributed by atoms with Gasteiger partial charge in [-0.3, -0.25) is 4.57 Å². The van der Waals surface area contributed by atoms with Crippen molar-refractivity contribution < 1.29 is 28.9 Å². The lowest BCUT2D eigenvalue weighted by Crippen LogP contribution is -2.29. The van der Waals surface area contributed by atoms with Gasteiger partial charge in [-0.05, 0) is 12.8 Å². The predicted molar refractivity (Wildman–Crippen MR) is 88.7 cm³/mol. The topological polar surface area (TPSA) is 124 Å². The third-order valence-corrected chi connectivity index (χ3v) is 2.97. The van der Waals surface area contributed by atoms with Gasteiger partial charge in [0.05, 0.1) is 26.4 Å². The van der Waals surface area contributed by atoms with Crippen LogP contribution in [0.5, 0.6) is 0 Å². The second-order valence-corrected chi connectivity index (χ2v) is 4.98. The first kappa shape index (κ1) is 20.9. The van der Waals surface area contributed by atoms with E-state index in [1.165, 1.54) is 10.9 Å². The van der Waals surface area contributed by atoms with E-state index in [4.69, 9.17) is 19.3 Å². The number of nitrogens with zero attached hydrogens (tertiary/aromatic N) is 2. The van der Waals surface area contributed by atoms with Crippen LogP contribution >= 0.6 is 0 Å². The van der Waals surface area contributed by atoms with Crippen LogP contribution in [-0.2, 0) is 14.2 Å². The summed E-state index contributed by atoms with van der Waals surface area (Å²) in [5.41, 5.74) is 0. The fraction of sp³-hybridized carbons (Fsp3) is 0.667. The zero-order valence-corrected chi connectivity index (χ0v) is 14.2. The van der Waals surface area contributed by atoms with Crippen LogP contribution in [-0.4, -0.2) is 79.5 Å². The van der Waals surface area contributed by atoms with Crippen molar-refractivity contribution in [1.82, 2.24) is 20.2 Å². The highest BCUT2D eigenvalue weighted by Gasteiger charge is 2.01. The maximum Gasteiger partial charge on any atom is 0.404 e. The van der Waals surface area contributed by atoms with Gasteiger partial charge in [-0.1, -0.05) is 0 Å². The summed E-state index contributed by atoms with van der Waals surface area (Å²) >= 11 is 0. The van der Waals surface area contributed by atoms with Crippen molar-refractivity contribution in [3.63, 3.8) is 0 Å². The van der Waals surface area contributed by atoms with E-state index in [1.54, 1.807) is 12.4 Å². The number of rotatable bonds is 14. The molecule has 0 fully saturated rings. The Bertz CT molecular complexity index is 469. The van der Waals surface area contributed by atoms with Crippen molar-refractivity contribution in [2.45, 2.75) is 12.8 Å². The monoisotopic (exact) mass is 358 g/mol. The molecular formula is C15H26N4O6. The molecule has 1 aromatic rings. The van der Waals surface area contributed by atoms with Crippen LogP contribution in [0.3, 0.4) is 0 Å². The van der Waals surface area contributed by atoms with E-state index in [-0.39, 0.29) is 6.03 Å². The highest BCUT2D eigenvalue weighted by atomic mass is 16.5. The maximum atomic E-state index is 11.6. The van der Waals surface area contributed by atoms with Gasteiger partial charge in [0.15, 0.2) is 0 Å². The Morgan fingerprint density at radius 3 is 2.00 bits per heavy atom. The van der Waals surface area contributed by atoms with E-state index < -0.39 is 6.09 Å². The van der Waals surface area contributed by atoms with Gasteiger partial charge >= 0.3 is 12.1 Å². The quantitative estimate of drug-likeness (QED) is 0.415. The Balaban J connectivity index is 1.75. The third-order valence-electron chi connectivity index (χ3n) is 2.97.